The van der Waals surface area contributed by atoms with E-state index in [1.165, 1.54) is 22.3 Å². The van der Waals surface area contributed by atoms with Gasteiger partial charge in [-0.25, -0.2) is 0 Å². The van der Waals surface area contributed by atoms with Gasteiger partial charge in [0.1, 0.15) is 29.8 Å². The molecule has 2 aliphatic rings. The molecular formula is C33H31N5O3S. The highest BCUT2D eigenvalue weighted by Gasteiger charge is 2.36. The summed E-state index contributed by atoms with van der Waals surface area (Å²) in [7, 11) is 0. The Balaban J connectivity index is 1.21. The van der Waals surface area contributed by atoms with Crippen LogP contribution in [0, 0.1) is 5.41 Å². The normalized spacial score (nSPS) is 16.4. The first-order valence-corrected chi connectivity index (χ1v) is 14.8. The third-order valence-corrected chi connectivity index (χ3v) is 8.26. The molecule has 1 N–H and O–H groups in total. The Morgan fingerprint density at radius 1 is 1.00 bits per heavy atom. The van der Waals surface area contributed by atoms with Crippen molar-refractivity contribution in [2.75, 3.05) is 13.2 Å². The van der Waals surface area contributed by atoms with Crippen molar-refractivity contribution in [3.63, 3.8) is 0 Å². The molecule has 212 valence electrons. The first-order chi connectivity index (χ1) is 20.5. The SMILES string of the molecule is CCC(C)c1ccccc1OCCn1cc(/C=C2/C(=N)N3N=C(COc4ccccc4)SC3=NC2=O)c2ccccc21. The molecule has 4 aromatic rings. The van der Waals surface area contributed by atoms with Gasteiger partial charge in [-0.15, -0.1) is 0 Å². The Bertz CT molecular complexity index is 1740. The highest BCUT2D eigenvalue weighted by atomic mass is 32.2. The van der Waals surface area contributed by atoms with Crippen molar-refractivity contribution < 1.29 is 14.3 Å². The number of benzene rings is 3. The fourth-order valence-electron chi connectivity index (χ4n) is 4.98. The van der Waals surface area contributed by atoms with Crippen molar-refractivity contribution in [2.24, 2.45) is 10.1 Å². The van der Waals surface area contributed by atoms with Crippen LogP contribution < -0.4 is 9.47 Å². The lowest BCUT2D eigenvalue weighted by molar-refractivity contribution is -0.114. The molecule has 1 atom stereocenters. The zero-order chi connectivity index (χ0) is 29.1. The number of carbonyl (C=O) groups is 1. The summed E-state index contributed by atoms with van der Waals surface area (Å²) in [6, 6.07) is 25.7. The van der Waals surface area contributed by atoms with Crippen LogP contribution in [-0.2, 0) is 11.3 Å². The smallest absolute Gasteiger partial charge is 0.283 e. The van der Waals surface area contributed by atoms with Gasteiger partial charge in [0.25, 0.3) is 5.91 Å². The zero-order valence-electron chi connectivity index (χ0n) is 23.5. The number of carbonyl (C=O) groups excluding carboxylic acids is 1. The minimum absolute atomic E-state index is 0.00553. The molecule has 1 unspecified atom stereocenters. The van der Waals surface area contributed by atoms with Crippen LogP contribution in [0.2, 0.25) is 0 Å². The Hall–Kier alpha value is -4.63. The molecule has 42 heavy (non-hydrogen) atoms. The average Bonchev–Trinajstić information content (AvgIpc) is 3.59. The second-order valence-corrected chi connectivity index (χ2v) is 11.1. The van der Waals surface area contributed by atoms with E-state index in [4.69, 9.17) is 14.9 Å². The first-order valence-electron chi connectivity index (χ1n) is 14.0. The highest BCUT2D eigenvalue weighted by Crippen LogP contribution is 2.31. The van der Waals surface area contributed by atoms with Gasteiger partial charge >= 0.3 is 0 Å². The van der Waals surface area contributed by atoms with Crippen molar-refractivity contribution >= 4 is 50.7 Å². The van der Waals surface area contributed by atoms with Gasteiger partial charge in [-0.05, 0) is 60.0 Å². The molecule has 1 amide bonds. The minimum Gasteiger partial charge on any atom is -0.491 e. The number of hydrogen-bond acceptors (Lipinski definition) is 6. The first kappa shape index (κ1) is 27.5. The molecule has 0 saturated heterocycles. The number of nitrogens with zero attached hydrogens (tertiary/aromatic N) is 4. The number of nitrogens with one attached hydrogen (secondary N) is 1. The standard InChI is InChI=1S/C33H31N5O3S/c1-3-22(2)25-13-8-10-16-29(25)40-18-17-37-20-23(26-14-7-9-15-28(26)37)19-27-31(34)38-33(35-32(27)39)42-30(36-38)21-41-24-11-5-4-6-12-24/h4-16,19-20,22,34H,3,17-18,21H2,1-2H3/b27-19-,34-31?. The van der Waals surface area contributed by atoms with Crippen LogP contribution in [-0.4, -0.2) is 44.7 Å². The molecule has 3 aromatic carbocycles. The third kappa shape index (κ3) is 5.60. The van der Waals surface area contributed by atoms with Crippen LogP contribution in [0.25, 0.3) is 17.0 Å². The fourth-order valence-corrected chi connectivity index (χ4v) is 5.77. The molecule has 1 aromatic heterocycles. The van der Waals surface area contributed by atoms with E-state index in [-0.39, 0.29) is 18.0 Å². The quantitative estimate of drug-likeness (QED) is 0.206. The second kappa shape index (κ2) is 12.1. The van der Waals surface area contributed by atoms with Crippen molar-refractivity contribution in [3.8, 4) is 11.5 Å². The number of fused-ring (bicyclic) bond motifs is 2. The number of hydrogen-bond donors (Lipinski definition) is 1. The van der Waals surface area contributed by atoms with E-state index in [9.17, 15) is 4.79 Å². The number of rotatable bonds is 10. The van der Waals surface area contributed by atoms with E-state index in [0.717, 1.165) is 34.4 Å². The summed E-state index contributed by atoms with van der Waals surface area (Å²) in [5.41, 5.74) is 3.27. The lowest BCUT2D eigenvalue weighted by atomic mass is 9.98. The summed E-state index contributed by atoms with van der Waals surface area (Å²) < 4.78 is 14.2. The van der Waals surface area contributed by atoms with Gasteiger partial charge < -0.3 is 14.0 Å². The molecule has 6 rings (SSSR count). The zero-order valence-corrected chi connectivity index (χ0v) is 24.3. The Morgan fingerprint density at radius 2 is 1.76 bits per heavy atom. The number of thioether (sulfide) groups is 1. The maximum atomic E-state index is 13.1. The summed E-state index contributed by atoms with van der Waals surface area (Å²) >= 11 is 1.24. The molecule has 2 aliphatic heterocycles. The monoisotopic (exact) mass is 577 g/mol. The minimum atomic E-state index is -0.457. The molecule has 0 radical (unpaired) electrons. The second-order valence-electron chi connectivity index (χ2n) is 10.1. The maximum Gasteiger partial charge on any atom is 0.283 e. The topological polar surface area (TPSA) is 92.3 Å². The van der Waals surface area contributed by atoms with Crippen LogP contribution >= 0.6 is 11.8 Å². The van der Waals surface area contributed by atoms with Gasteiger partial charge in [0.2, 0.25) is 5.17 Å². The van der Waals surface area contributed by atoms with Gasteiger partial charge in [-0.2, -0.15) is 15.1 Å². The predicted octanol–water partition coefficient (Wildman–Crippen LogP) is 6.93. The van der Waals surface area contributed by atoms with E-state index in [1.807, 2.05) is 66.9 Å². The predicted molar refractivity (Wildman–Crippen MR) is 170 cm³/mol. The molecule has 3 heterocycles. The third-order valence-electron chi connectivity index (χ3n) is 7.37. The van der Waals surface area contributed by atoms with Crippen LogP contribution in [0.5, 0.6) is 11.5 Å². The Labute approximate surface area is 248 Å². The summed E-state index contributed by atoms with van der Waals surface area (Å²) in [6.07, 6.45) is 4.79. The van der Waals surface area contributed by atoms with Crippen molar-refractivity contribution in [1.82, 2.24) is 9.58 Å². The average molecular weight is 578 g/mol. The van der Waals surface area contributed by atoms with Crippen LogP contribution in [0.15, 0.2) is 101 Å². The molecule has 0 bridgehead atoms. The van der Waals surface area contributed by atoms with Gasteiger partial charge in [0.05, 0.1) is 12.1 Å². The highest BCUT2D eigenvalue weighted by molar-refractivity contribution is 8.27. The molecule has 0 fully saturated rings. The number of hydrazone groups is 1. The summed E-state index contributed by atoms with van der Waals surface area (Å²) in [6.45, 7) is 5.74. The lowest BCUT2D eigenvalue weighted by Gasteiger charge is -2.20. The maximum absolute atomic E-state index is 13.1. The fraction of sp³-hybridized carbons (Fsp3) is 0.212. The molecule has 0 spiro atoms. The van der Waals surface area contributed by atoms with Gasteiger partial charge in [0.15, 0.2) is 5.84 Å². The largest absolute Gasteiger partial charge is 0.491 e. The number of amidine groups is 2. The number of ether oxygens (including phenoxy) is 2. The number of aliphatic imine (C=N–C) groups is 1. The van der Waals surface area contributed by atoms with E-state index in [0.29, 0.717) is 29.3 Å². The van der Waals surface area contributed by atoms with Crippen LogP contribution in [0.3, 0.4) is 0 Å². The molecular weight excluding hydrogens is 546 g/mol. The van der Waals surface area contributed by atoms with Crippen LogP contribution in [0.1, 0.15) is 37.3 Å². The molecule has 9 heteroatoms. The van der Waals surface area contributed by atoms with Gasteiger partial charge in [-0.3, -0.25) is 10.2 Å². The van der Waals surface area contributed by atoms with E-state index < -0.39 is 5.91 Å². The lowest BCUT2D eigenvalue weighted by Crippen LogP contribution is -2.35. The van der Waals surface area contributed by atoms with E-state index in [1.54, 1.807) is 6.08 Å². The van der Waals surface area contributed by atoms with E-state index >= 15 is 0 Å². The molecule has 0 saturated carbocycles. The summed E-state index contributed by atoms with van der Waals surface area (Å²) in [5.74, 6) is 1.60. The van der Waals surface area contributed by atoms with Gasteiger partial charge in [0, 0.05) is 22.7 Å². The van der Waals surface area contributed by atoms with E-state index in [2.05, 4.69) is 46.7 Å². The molecule has 8 nitrogen and oxygen atoms in total. The van der Waals surface area contributed by atoms with Crippen molar-refractivity contribution in [2.45, 2.75) is 32.7 Å². The van der Waals surface area contributed by atoms with Gasteiger partial charge in [-0.1, -0.05) is 68.4 Å². The number of para-hydroxylation sites is 3. The van der Waals surface area contributed by atoms with Crippen molar-refractivity contribution in [3.05, 3.63) is 102 Å². The Kier molecular flexibility index (Phi) is 7.92. The summed E-state index contributed by atoms with van der Waals surface area (Å²) in [4.78, 5) is 17.3. The van der Waals surface area contributed by atoms with Crippen molar-refractivity contribution in [1.29, 1.82) is 5.41 Å². The Morgan fingerprint density at radius 3 is 2.60 bits per heavy atom. The number of amides is 1. The number of aromatic nitrogens is 1. The molecule has 0 aliphatic carbocycles. The van der Waals surface area contributed by atoms with Crippen LogP contribution in [0.4, 0.5) is 0 Å². The summed E-state index contributed by atoms with van der Waals surface area (Å²) in [5, 5.41) is 16.7.